The molecule has 4 rings (SSSR count). The lowest BCUT2D eigenvalue weighted by molar-refractivity contribution is -0.137. The molecule has 3 atom stereocenters. The number of benzene rings is 2. The highest BCUT2D eigenvalue weighted by Crippen LogP contribution is 2.44. The highest BCUT2D eigenvalue weighted by molar-refractivity contribution is 5.82. The number of unbranched alkanes of at least 4 members (excludes halogenated alkanes) is 1. The molecule has 35 heavy (non-hydrogen) atoms. The third-order valence-electron chi connectivity index (χ3n) is 6.74. The topological polar surface area (TPSA) is 114 Å². The van der Waals surface area contributed by atoms with Crippen LogP contribution in [0.4, 0.5) is 4.79 Å². The fourth-order valence-electron chi connectivity index (χ4n) is 4.94. The van der Waals surface area contributed by atoms with Crippen LogP contribution in [0, 0.1) is 5.92 Å². The molecule has 1 heterocycles. The number of alkyl carbamates (subject to hydrolysis) is 1. The number of carboxylic acid groups (broad SMARTS) is 1. The van der Waals surface area contributed by atoms with Gasteiger partial charge < -0.3 is 25.2 Å². The first-order chi connectivity index (χ1) is 17.0. The Balaban J connectivity index is 1.34. The van der Waals surface area contributed by atoms with E-state index in [-0.39, 0.29) is 38.1 Å². The molecule has 1 aliphatic carbocycles. The van der Waals surface area contributed by atoms with Crippen LogP contribution < -0.4 is 10.6 Å². The molecule has 0 bridgehead atoms. The van der Waals surface area contributed by atoms with Gasteiger partial charge in [0.25, 0.3) is 0 Å². The van der Waals surface area contributed by atoms with E-state index in [1.54, 1.807) is 0 Å². The number of aliphatic carboxylic acids is 1. The molecular weight excluding hydrogens is 448 g/mol. The molecule has 8 nitrogen and oxygen atoms in total. The number of hydrogen-bond acceptors (Lipinski definition) is 5. The van der Waals surface area contributed by atoms with Crippen LogP contribution in [0.2, 0.25) is 0 Å². The second-order valence-corrected chi connectivity index (χ2v) is 9.17. The average Bonchev–Trinajstić information content (AvgIpc) is 3.43. The molecule has 0 radical (unpaired) electrons. The second kappa shape index (κ2) is 11.4. The Morgan fingerprint density at radius 3 is 2.34 bits per heavy atom. The number of nitrogens with one attached hydrogen (secondary N) is 2. The van der Waals surface area contributed by atoms with Gasteiger partial charge in [-0.05, 0) is 28.7 Å². The lowest BCUT2D eigenvalue weighted by Crippen LogP contribution is -2.49. The summed E-state index contributed by atoms with van der Waals surface area (Å²) < 4.78 is 11.1. The Morgan fingerprint density at radius 2 is 1.71 bits per heavy atom. The van der Waals surface area contributed by atoms with Crippen LogP contribution in [0.1, 0.15) is 49.7 Å². The lowest BCUT2D eigenvalue weighted by atomic mass is 9.98. The Bertz CT molecular complexity index is 1030. The molecule has 0 saturated carbocycles. The monoisotopic (exact) mass is 480 g/mol. The average molecular weight is 481 g/mol. The van der Waals surface area contributed by atoms with E-state index < -0.39 is 30.1 Å². The van der Waals surface area contributed by atoms with Gasteiger partial charge in [0.05, 0.1) is 31.6 Å². The maximum absolute atomic E-state index is 12.9. The summed E-state index contributed by atoms with van der Waals surface area (Å²) in [6.07, 6.45) is 1.58. The van der Waals surface area contributed by atoms with Gasteiger partial charge in [-0.3, -0.25) is 9.59 Å². The molecule has 0 aromatic heterocycles. The Hall–Kier alpha value is -3.39. The summed E-state index contributed by atoms with van der Waals surface area (Å²) in [5, 5.41) is 14.8. The van der Waals surface area contributed by atoms with Crippen molar-refractivity contribution in [3.63, 3.8) is 0 Å². The molecule has 8 heteroatoms. The van der Waals surface area contributed by atoms with Gasteiger partial charge in [0.2, 0.25) is 5.91 Å². The van der Waals surface area contributed by atoms with Gasteiger partial charge >= 0.3 is 12.1 Å². The minimum atomic E-state index is -0.956. The van der Waals surface area contributed by atoms with Crippen molar-refractivity contribution in [2.45, 2.75) is 50.6 Å². The first kappa shape index (κ1) is 24.7. The number of rotatable bonds is 10. The van der Waals surface area contributed by atoms with E-state index in [2.05, 4.69) is 34.9 Å². The number of amides is 2. The number of carbonyl (C=O) groups is 3. The SMILES string of the molecule is CCCCC(CC(=O)O)NC(=O)C1COCC1NC(=O)OCC1c2ccccc2-c2ccccc21. The van der Waals surface area contributed by atoms with Crippen LogP contribution in [0.15, 0.2) is 48.5 Å². The van der Waals surface area contributed by atoms with Crippen molar-refractivity contribution in [1.82, 2.24) is 10.6 Å². The molecule has 2 aromatic rings. The van der Waals surface area contributed by atoms with Gasteiger partial charge in [0.1, 0.15) is 6.61 Å². The quantitative estimate of drug-likeness (QED) is 0.478. The zero-order chi connectivity index (χ0) is 24.8. The second-order valence-electron chi connectivity index (χ2n) is 9.17. The summed E-state index contributed by atoms with van der Waals surface area (Å²) >= 11 is 0. The van der Waals surface area contributed by atoms with Gasteiger partial charge in [-0.25, -0.2) is 4.79 Å². The molecule has 0 spiro atoms. The summed E-state index contributed by atoms with van der Waals surface area (Å²) in [5.41, 5.74) is 4.55. The van der Waals surface area contributed by atoms with Crippen molar-refractivity contribution in [3.05, 3.63) is 59.7 Å². The van der Waals surface area contributed by atoms with E-state index >= 15 is 0 Å². The molecule has 1 saturated heterocycles. The molecule has 186 valence electrons. The molecule has 2 amide bonds. The van der Waals surface area contributed by atoms with Crippen LogP contribution in [0.5, 0.6) is 0 Å². The summed E-state index contributed by atoms with van der Waals surface area (Å²) in [7, 11) is 0. The van der Waals surface area contributed by atoms with Crippen molar-refractivity contribution in [2.24, 2.45) is 5.92 Å². The van der Waals surface area contributed by atoms with Crippen LogP contribution in [-0.2, 0) is 19.1 Å². The minimum absolute atomic E-state index is 0.0533. The third-order valence-corrected chi connectivity index (χ3v) is 6.74. The summed E-state index contributed by atoms with van der Waals surface area (Å²) in [6, 6.07) is 15.2. The number of hydrogen-bond donors (Lipinski definition) is 3. The van der Waals surface area contributed by atoms with E-state index in [0.29, 0.717) is 6.42 Å². The Kier molecular flexibility index (Phi) is 8.02. The number of fused-ring (bicyclic) bond motifs is 3. The van der Waals surface area contributed by atoms with E-state index in [1.165, 1.54) is 0 Å². The lowest BCUT2D eigenvalue weighted by Gasteiger charge is -2.23. The molecule has 2 aliphatic rings. The third kappa shape index (κ3) is 5.82. The number of ether oxygens (including phenoxy) is 2. The van der Waals surface area contributed by atoms with Crippen LogP contribution in [0.3, 0.4) is 0 Å². The van der Waals surface area contributed by atoms with E-state index in [0.717, 1.165) is 35.1 Å². The number of carbonyl (C=O) groups excluding carboxylic acids is 2. The van der Waals surface area contributed by atoms with Crippen molar-refractivity contribution in [3.8, 4) is 11.1 Å². The van der Waals surface area contributed by atoms with Gasteiger partial charge in [-0.1, -0.05) is 68.3 Å². The normalized spacial score (nSPS) is 19.5. The summed E-state index contributed by atoms with van der Waals surface area (Å²) in [6.45, 7) is 2.55. The summed E-state index contributed by atoms with van der Waals surface area (Å²) in [5.74, 6) is -1.92. The highest BCUT2D eigenvalue weighted by Gasteiger charge is 2.37. The zero-order valence-corrected chi connectivity index (χ0v) is 19.9. The van der Waals surface area contributed by atoms with Crippen molar-refractivity contribution in [2.75, 3.05) is 19.8 Å². The van der Waals surface area contributed by atoms with Gasteiger partial charge in [0.15, 0.2) is 0 Å². The van der Waals surface area contributed by atoms with E-state index in [9.17, 15) is 14.4 Å². The van der Waals surface area contributed by atoms with Gasteiger partial charge in [0, 0.05) is 12.0 Å². The van der Waals surface area contributed by atoms with Crippen molar-refractivity contribution < 1.29 is 29.0 Å². The van der Waals surface area contributed by atoms with E-state index in [4.69, 9.17) is 14.6 Å². The molecule has 2 aromatic carbocycles. The highest BCUT2D eigenvalue weighted by atomic mass is 16.5. The molecule has 3 N–H and O–H groups in total. The zero-order valence-electron chi connectivity index (χ0n) is 19.9. The summed E-state index contributed by atoms with van der Waals surface area (Å²) in [4.78, 5) is 36.7. The minimum Gasteiger partial charge on any atom is -0.481 e. The fourth-order valence-corrected chi connectivity index (χ4v) is 4.94. The maximum Gasteiger partial charge on any atom is 0.407 e. The molecule has 3 unspecified atom stereocenters. The predicted octanol–water partition coefficient (Wildman–Crippen LogP) is 3.69. The predicted molar refractivity (Wildman–Crippen MR) is 130 cm³/mol. The Labute approximate surface area is 205 Å². The van der Waals surface area contributed by atoms with Crippen LogP contribution in [-0.4, -0.2) is 55.0 Å². The van der Waals surface area contributed by atoms with Gasteiger partial charge in [-0.15, -0.1) is 0 Å². The number of carboxylic acids is 1. The van der Waals surface area contributed by atoms with Crippen molar-refractivity contribution >= 4 is 18.0 Å². The van der Waals surface area contributed by atoms with Crippen LogP contribution >= 0.6 is 0 Å². The van der Waals surface area contributed by atoms with E-state index in [1.807, 2.05) is 31.2 Å². The van der Waals surface area contributed by atoms with Crippen molar-refractivity contribution in [1.29, 1.82) is 0 Å². The maximum atomic E-state index is 12.9. The first-order valence-corrected chi connectivity index (χ1v) is 12.2. The molecule has 1 fully saturated rings. The smallest absolute Gasteiger partial charge is 0.407 e. The Morgan fingerprint density at radius 1 is 1.06 bits per heavy atom. The largest absolute Gasteiger partial charge is 0.481 e. The molecule has 1 aliphatic heterocycles. The van der Waals surface area contributed by atoms with Gasteiger partial charge in [-0.2, -0.15) is 0 Å². The van der Waals surface area contributed by atoms with Crippen LogP contribution in [0.25, 0.3) is 11.1 Å². The standard InChI is InChI=1S/C27H32N2O6/c1-2-3-8-17(13-25(30)31)28-26(32)23-14-34-16-24(23)29-27(33)35-15-22-20-11-6-4-9-18(20)19-10-5-7-12-21(19)22/h4-7,9-12,17,22-24H,2-3,8,13-16H2,1H3,(H,28,32)(H,29,33)(H,30,31). The molecular formula is C27H32N2O6. The fraction of sp³-hybridized carbons (Fsp3) is 0.444. The first-order valence-electron chi connectivity index (χ1n) is 12.2.